The molecule has 4 rings (SSSR count). The molecule has 0 bridgehead atoms. The van der Waals surface area contributed by atoms with E-state index in [0.717, 1.165) is 5.56 Å². The Bertz CT molecular complexity index is 980. The van der Waals surface area contributed by atoms with E-state index >= 15 is 0 Å². The Labute approximate surface area is 165 Å². The normalized spacial score (nSPS) is 24.9. The first-order chi connectivity index (χ1) is 13.4. The second-order valence-corrected chi connectivity index (χ2v) is 9.34. The maximum Gasteiger partial charge on any atom is 0.272 e. The van der Waals surface area contributed by atoms with Gasteiger partial charge in [0.05, 0.1) is 19.4 Å². The summed E-state index contributed by atoms with van der Waals surface area (Å²) in [6, 6.07) is 12.7. The number of amides is 1. The van der Waals surface area contributed by atoms with Crippen LogP contribution in [0.2, 0.25) is 0 Å². The minimum absolute atomic E-state index is 0.0617. The third kappa shape index (κ3) is 3.38. The topological polar surface area (TPSA) is 79.8 Å². The molecule has 1 aromatic heterocycles. The maximum atomic E-state index is 12.9. The molecule has 8 heteroatoms. The number of rotatable bonds is 4. The van der Waals surface area contributed by atoms with Gasteiger partial charge in [-0.1, -0.05) is 30.3 Å². The second kappa shape index (κ2) is 7.18. The SMILES string of the molecule is COc1ccnc(C(=O)N2C[C@@H]3CN(S(C)(=O)=O)[C@@H](c4ccccc4)[C@@H]3C2)c1. The van der Waals surface area contributed by atoms with Crippen LogP contribution in [0.1, 0.15) is 22.1 Å². The molecule has 0 spiro atoms. The molecule has 0 unspecified atom stereocenters. The highest BCUT2D eigenvalue weighted by Crippen LogP contribution is 2.46. The molecule has 0 radical (unpaired) electrons. The number of benzene rings is 1. The van der Waals surface area contributed by atoms with Gasteiger partial charge < -0.3 is 9.64 Å². The van der Waals surface area contributed by atoms with E-state index < -0.39 is 10.0 Å². The fourth-order valence-electron chi connectivity index (χ4n) is 4.39. The quantitative estimate of drug-likeness (QED) is 0.780. The van der Waals surface area contributed by atoms with Gasteiger partial charge in [-0.25, -0.2) is 8.42 Å². The Hall–Kier alpha value is -2.45. The number of methoxy groups -OCH3 is 1. The van der Waals surface area contributed by atoms with E-state index in [9.17, 15) is 13.2 Å². The van der Waals surface area contributed by atoms with Crippen molar-refractivity contribution in [3.63, 3.8) is 0 Å². The predicted molar refractivity (Wildman–Crippen MR) is 104 cm³/mol. The molecule has 148 valence electrons. The number of likely N-dealkylation sites (tertiary alicyclic amines) is 1. The summed E-state index contributed by atoms with van der Waals surface area (Å²) in [6.07, 6.45) is 2.81. The Morgan fingerprint density at radius 1 is 1.14 bits per heavy atom. The molecule has 2 aliphatic rings. The van der Waals surface area contributed by atoms with Crippen LogP contribution in [0.3, 0.4) is 0 Å². The molecule has 1 amide bonds. The summed E-state index contributed by atoms with van der Waals surface area (Å²) in [5.41, 5.74) is 1.31. The van der Waals surface area contributed by atoms with Gasteiger partial charge in [-0.2, -0.15) is 4.31 Å². The van der Waals surface area contributed by atoms with Gasteiger partial charge in [0.2, 0.25) is 10.0 Å². The summed E-state index contributed by atoms with van der Waals surface area (Å²) < 4.78 is 31.5. The van der Waals surface area contributed by atoms with Crippen molar-refractivity contribution in [1.29, 1.82) is 0 Å². The van der Waals surface area contributed by atoms with Crippen LogP contribution in [-0.4, -0.2) is 61.5 Å². The van der Waals surface area contributed by atoms with Crippen molar-refractivity contribution in [2.75, 3.05) is 33.0 Å². The van der Waals surface area contributed by atoms with Crippen LogP contribution in [0.15, 0.2) is 48.7 Å². The summed E-state index contributed by atoms with van der Waals surface area (Å²) >= 11 is 0. The molecule has 2 aliphatic heterocycles. The Kier molecular flexibility index (Phi) is 4.84. The monoisotopic (exact) mass is 401 g/mol. The molecule has 1 aromatic carbocycles. The lowest BCUT2D eigenvalue weighted by atomic mass is 9.90. The number of carbonyl (C=O) groups is 1. The first-order valence-electron chi connectivity index (χ1n) is 9.19. The van der Waals surface area contributed by atoms with Crippen LogP contribution >= 0.6 is 0 Å². The number of pyridine rings is 1. The second-order valence-electron chi connectivity index (χ2n) is 7.40. The van der Waals surface area contributed by atoms with Gasteiger partial charge in [-0.15, -0.1) is 0 Å². The van der Waals surface area contributed by atoms with Crippen molar-refractivity contribution in [3.8, 4) is 5.75 Å². The first kappa shape index (κ1) is 18.9. The van der Waals surface area contributed by atoms with Crippen molar-refractivity contribution in [1.82, 2.24) is 14.2 Å². The van der Waals surface area contributed by atoms with Gasteiger partial charge in [0.25, 0.3) is 5.91 Å². The third-order valence-electron chi connectivity index (χ3n) is 5.66. The molecule has 3 atom stereocenters. The van der Waals surface area contributed by atoms with E-state index in [4.69, 9.17) is 4.74 Å². The fourth-order valence-corrected chi connectivity index (χ4v) is 5.55. The largest absolute Gasteiger partial charge is 0.497 e. The average molecular weight is 401 g/mol. The van der Waals surface area contributed by atoms with Gasteiger partial charge in [0.1, 0.15) is 11.4 Å². The third-order valence-corrected chi connectivity index (χ3v) is 6.89. The van der Waals surface area contributed by atoms with Gasteiger partial charge >= 0.3 is 0 Å². The Balaban J connectivity index is 1.60. The van der Waals surface area contributed by atoms with Crippen LogP contribution < -0.4 is 4.74 Å². The number of hydrogen-bond donors (Lipinski definition) is 0. The van der Waals surface area contributed by atoms with Crippen molar-refractivity contribution >= 4 is 15.9 Å². The van der Waals surface area contributed by atoms with Crippen molar-refractivity contribution in [2.24, 2.45) is 11.8 Å². The lowest BCUT2D eigenvalue weighted by Crippen LogP contribution is -2.37. The van der Waals surface area contributed by atoms with Crippen molar-refractivity contribution in [3.05, 3.63) is 59.9 Å². The number of ether oxygens (including phenoxy) is 1. The van der Waals surface area contributed by atoms with Crippen LogP contribution in [0, 0.1) is 11.8 Å². The van der Waals surface area contributed by atoms with Gasteiger partial charge in [-0.05, 0) is 17.5 Å². The molecule has 7 nitrogen and oxygen atoms in total. The van der Waals surface area contributed by atoms with Crippen LogP contribution in [-0.2, 0) is 10.0 Å². The molecule has 0 saturated carbocycles. The summed E-state index contributed by atoms with van der Waals surface area (Å²) in [4.78, 5) is 18.9. The zero-order valence-electron chi connectivity index (χ0n) is 15.9. The van der Waals surface area contributed by atoms with E-state index in [1.54, 1.807) is 34.6 Å². The summed E-state index contributed by atoms with van der Waals surface area (Å²) in [5.74, 6) is 0.607. The number of sulfonamides is 1. The molecular weight excluding hydrogens is 378 g/mol. The molecule has 0 N–H and O–H groups in total. The van der Waals surface area contributed by atoms with Gasteiger partial charge in [0.15, 0.2) is 0 Å². The smallest absolute Gasteiger partial charge is 0.272 e. The molecule has 28 heavy (non-hydrogen) atoms. The number of aromatic nitrogens is 1. The first-order valence-corrected chi connectivity index (χ1v) is 11.0. The Morgan fingerprint density at radius 3 is 2.57 bits per heavy atom. The van der Waals surface area contributed by atoms with E-state index in [-0.39, 0.29) is 23.8 Å². The average Bonchev–Trinajstić information content (AvgIpc) is 3.26. The van der Waals surface area contributed by atoms with Gasteiger partial charge in [0, 0.05) is 37.8 Å². The standard InChI is InChI=1S/C20H23N3O4S/c1-27-16-8-9-21-18(10-16)20(24)22-11-15-12-23(28(2,25)26)19(17(15)13-22)14-6-4-3-5-7-14/h3-10,15,17,19H,11-13H2,1-2H3/t15-,17-,19+/m1/s1. The highest BCUT2D eigenvalue weighted by Gasteiger charge is 2.51. The highest BCUT2D eigenvalue weighted by molar-refractivity contribution is 7.88. The lowest BCUT2D eigenvalue weighted by Gasteiger charge is -2.28. The zero-order chi connectivity index (χ0) is 19.9. The van der Waals surface area contributed by atoms with Gasteiger partial charge in [-0.3, -0.25) is 9.78 Å². The van der Waals surface area contributed by atoms with E-state index in [0.29, 0.717) is 31.1 Å². The number of carbonyl (C=O) groups excluding carboxylic acids is 1. The molecule has 2 aromatic rings. The van der Waals surface area contributed by atoms with Crippen LogP contribution in [0.25, 0.3) is 0 Å². The molecule has 0 aliphatic carbocycles. The predicted octanol–water partition coefficient (Wildman–Crippen LogP) is 1.79. The maximum absolute atomic E-state index is 12.9. The summed E-state index contributed by atoms with van der Waals surface area (Å²) in [5, 5.41) is 0. The van der Waals surface area contributed by atoms with Crippen LogP contribution in [0.4, 0.5) is 0 Å². The summed E-state index contributed by atoms with van der Waals surface area (Å²) in [7, 11) is -1.79. The zero-order valence-corrected chi connectivity index (χ0v) is 16.7. The number of nitrogens with zero attached hydrogens (tertiary/aromatic N) is 3. The minimum atomic E-state index is -3.34. The van der Waals surface area contributed by atoms with Crippen molar-refractivity contribution in [2.45, 2.75) is 6.04 Å². The highest BCUT2D eigenvalue weighted by atomic mass is 32.2. The van der Waals surface area contributed by atoms with Crippen molar-refractivity contribution < 1.29 is 17.9 Å². The molecule has 2 saturated heterocycles. The minimum Gasteiger partial charge on any atom is -0.497 e. The fraction of sp³-hybridized carbons (Fsp3) is 0.400. The molecular formula is C20H23N3O4S. The molecule has 3 heterocycles. The number of hydrogen-bond acceptors (Lipinski definition) is 5. The van der Waals surface area contributed by atoms with E-state index in [1.807, 2.05) is 30.3 Å². The number of fused-ring (bicyclic) bond motifs is 1. The molecule has 2 fully saturated rings. The lowest BCUT2D eigenvalue weighted by molar-refractivity contribution is 0.0767. The van der Waals surface area contributed by atoms with Crippen LogP contribution in [0.5, 0.6) is 5.75 Å². The van der Waals surface area contributed by atoms with E-state index in [2.05, 4.69) is 4.98 Å². The van der Waals surface area contributed by atoms with E-state index in [1.165, 1.54) is 6.26 Å². The summed E-state index contributed by atoms with van der Waals surface area (Å²) in [6.45, 7) is 1.46. The Morgan fingerprint density at radius 2 is 1.89 bits per heavy atom.